The summed E-state index contributed by atoms with van der Waals surface area (Å²) in [7, 11) is 0. The number of benzene rings is 2. The molecule has 0 spiro atoms. The summed E-state index contributed by atoms with van der Waals surface area (Å²) < 4.78 is 19.0. The van der Waals surface area contributed by atoms with Crippen LogP contribution in [-0.2, 0) is 4.79 Å². The average Bonchev–Trinajstić information content (AvgIpc) is 2.60. The third-order valence-electron chi connectivity index (χ3n) is 3.42. The first-order chi connectivity index (χ1) is 12.4. The number of halogens is 1. The van der Waals surface area contributed by atoms with E-state index < -0.39 is 17.6 Å². The zero-order valence-electron chi connectivity index (χ0n) is 14.3. The molecule has 0 saturated heterocycles. The lowest BCUT2D eigenvalue weighted by Crippen LogP contribution is -2.49. The molecule has 6 nitrogen and oxygen atoms in total. The van der Waals surface area contributed by atoms with Crippen molar-refractivity contribution in [3.05, 3.63) is 65.0 Å². The SMILES string of the molecule is Cc1cccc(C)c1OCC(=O)NNC(=S)NC(=O)c1ccccc1F. The minimum atomic E-state index is -0.721. The van der Waals surface area contributed by atoms with Crippen LogP contribution in [0.4, 0.5) is 4.39 Å². The number of hydrogen-bond acceptors (Lipinski definition) is 4. The van der Waals surface area contributed by atoms with Gasteiger partial charge in [-0.25, -0.2) is 4.39 Å². The number of rotatable bonds is 4. The normalized spacial score (nSPS) is 9.96. The molecule has 2 aromatic rings. The van der Waals surface area contributed by atoms with Crippen molar-refractivity contribution in [3.63, 3.8) is 0 Å². The number of carbonyl (C=O) groups excluding carboxylic acids is 2. The molecule has 2 rings (SSSR count). The van der Waals surface area contributed by atoms with Crippen LogP contribution in [-0.4, -0.2) is 23.5 Å². The van der Waals surface area contributed by atoms with Crippen molar-refractivity contribution >= 4 is 29.1 Å². The molecule has 0 saturated carbocycles. The molecular weight excluding hydrogens is 357 g/mol. The molecule has 0 unspecified atom stereocenters. The molecule has 0 atom stereocenters. The van der Waals surface area contributed by atoms with Gasteiger partial charge in [0.1, 0.15) is 11.6 Å². The molecule has 0 radical (unpaired) electrons. The third-order valence-corrected chi connectivity index (χ3v) is 3.62. The molecule has 0 fully saturated rings. The van der Waals surface area contributed by atoms with E-state index in [-0.39, 0.29) is 17.3 Å². The number of hydrogen-bond donors (Lipinski definition) is 3. The smallest absolute Gasteiger partial charge is 0.276 e. The molecule has 2 aromatic carbocycles. The van der Waals surface area contributed by atoms with Crippen LogP contribution in [0.2, 0.25) is 0 Å². The van der Waals surface area contributed by atoms with E-state index in [1.165, 1.54) is 18.2 Å². The van der Waals surface area contributed by atoms with Crippen LogP contribution in [0.3, 0.4) is 0 Å². The Labute approximate surface area is 155 Å². The van der Waals surface area contributed by atoms with Gasteiger partial charge in [-0.1, -0.05) is 30.3 Å². The Morgan fingerprint density at radius 1 is 1.04 bits per heavy atom. The molecule has 136 valence electrons. The van der Waals surface area contributed by atoms with E-state index in [9.17, 15) is 14.0 Å². The van der Waals surface area contributed by atoms with Gasteiger partial charge in [-0.05, 0) is 49.3 Å². The van der Waals surface area contributed by atoms with Crippen molar-refractivity contribution in [2.45, 2.75) is 13.8 Å². The highest BCUT2D eigenvalue weighted by Crippen LogP contribution is 2.21. The maximum Gasteiger partial charge on any atom is 0.276 e. The lowest BCUT2D eigenvalue weighted by molar-refractivity contribution is -0.123. The van der Waals surface area contributed by atoms with Crippen molar-refractivity contribution < 1.29 is 18.7 Å². The fourth-order valence-electron chi connectivity index (χ4n) is 2.17. The Balaban J connectivity index is 1.79. The molecule has 0 aromatic heterocycles. The first kappa shape index (κ1) is 19.3. The van der Waals surface area contributed by atoms with Gasteiger partial charge in [-0.15, -0.1) is 0 Å². The highest BCUT2D eigenvalue weighted by molar-refractivity contribution is 7.80. The van der Waals surface area contributed by atoms with E-state index >= 15 is 0 Å². The first-order valence-electron chi connectivity index (χ1n) is 7.72. The van der Waals surface area contributed by atoms with Crippen molar-refractivity contribution in [2.75, 3.05) is 6.61 Å². The van der Waals surface area contributed by atoms with Gasteiger partial charge < -0.3 is 4.74 Å². The van der Waals surface area contributed by atoms with Crippen LogP contribution in [0.15, 0.2) is 42.5 Å². The van der Waals surface area contributed by atoms with Crippen LogP contribution in [0.5, 0.6) is 5.75 Å². The monoisotopic (exact) mass is 375 g/mol. The second-order valence-corrected chi connectivity index (χ2v) is 5.85. The van der Waals surface area contributed by atoms with Crippen LogP contribution in [0.1, 0.15) is 21.5 Å². The average molecular weight is 375 g/mol. The van der Waals surface area contributed by atoms with Crippen LogP contribution in [0.25, 0.3) is 0 Å². The second kappa shape index (κ2) is 8.91. The third kappa shape index (κ3) is 5.25. The van der Waals surface area contributed by atoms with Gasteiger partial charge in [0.05, 0.1) is 5.56 Å². The molecule has 0 heterocycles. The highest BCUT2D eigenvalue weighted by Gasteiger charge is 2.13. The van der Waals surface area contributed by atoms with E-state index in [4.69, 9.17) is 17.0 Å². The molecule has 3 N–H and O–H groups in total. The molecule has 0 aliphatic heterocycles. The largest absolute Gasteiger partial charge is 0.483 e. The van der Waals surface area contributed by atoms with E-state index in [1.807, 2.05) is 32.0 Å². The molecule has 0 aliphatic rings. The fraction of sp³-hybridized carbons (Fsp3) is 0.167. The quantitative estimate of drug-likeness (QED) is 0.564. The zero-order valence-corrected chi connectivity index (χ0v) is 15.1. The number of carbonyl (C=O) groups is 2. The Kier molecular flexibility index (Phi) is 6.62. The summed E-state index contributed by atoms with van der Waals surface area (Å²) in [6.45, 7) is 3.53. The Morgan fingerprint density at radius 2 is 1.69 bits per heavy atom. The molecule has 0 aliphatic carbocycles. The van der Waals surface area contributed by atoms with Crippen molar-refractivity contribution in [1.82, 2.24) is 16.2 Å². The molecule has 2 amide bonds. The van der Waals surface area contributed by atoms with Crippen molar-refractivity contribution in [3.8, 4) is 5.75 Å². The minimum Gasteiger partial charge on any atom is -0.483 e. The number of ether oxygens (including phenoxy) is 1. The van der Waals surface area contributed by atoms with Crippen molar-refractivity contribution in [1.29, 1.82) is 0 Å². The standard InChI is InChI=1S/C18H18FN3O3S/c1-11-6-5-7-12(2)16(11)25-10-15(23)21-22-18(26)20-17(24)13-8-3-4-9-14(13)19/h3-9H,10H2,1-2H3,(H,21,23)(H2,20,22,24,26). The van der Waals surface area contributed by atoms with E-state index in [2.05, 4.69) is 16.2 Å². The van der Waals surface area contributed by atoms with Gasteiger partial charge >= 0.3 is 0 Å². The van der Waals surface area contributed by atoms with Gasteiger partial charge in [0.2, 0.25) is 0 Å². The summed E-state index contributed by atoms with van der Waals surface area (Å²) in [5.74, 6) is -1.24. The van der Waals surface area contributed by atoms with Gasteiger partial charge in [0.15, 0.2) is 11.7 Å². The van der Waals surface area contributed by atoms with E-state index in [0.717, 1.165) is 17.2 Å². The van der Waals surface area contributed by atoms with Crippen molar-refractivity contribution in [2.24, 2.45) is 0 Å². The fourth-order valence-corrected chi connectivity index (χ4v) is 2.32. The first-order valence-corrected chi connectivity index (χ1v) is 8.13. The number of nitrogens with one attached hydrogen (secondary N) is 3. The lowest BCUT2D eigenvalue weighted by Gasteiger charge is -2.13. The summed E-state index contributed by atoms with van der Waals surface area (Å²) in [4.78, 5) is 23.7. The van der Waals surface area contributed by atoms with Crippen LogP contribution in [0, 0.1) is 19.7 Å². The summed E-state index contributed by atoms with van der Waals surface area (Å²) >= 11 is 4.89. The predicted molar refractivity (Wildman–Crippen MR) is 99.2 cm³/mol. The molecular formula is C18H18FN3O3S. The number of amides is 2. The van der Waals surface area contributed by atoms with E-state index in [0.29, 0.717) is 5.75 Å². The lowest BCUT2D eigenvalue weighted by atomic mass is 10.1. The topological polar surface area (TPSA) is 79.5 Å². The van der Waals surface area contributed by atoms with Gasteiger partial charge in [-0.2, -0.15) is 0 Å². The highest BCUT2D eigenvalue weighted by atomic mass is 32.1. The summed E-state index contributed by atoms with van der Waals surface area (Å²) in [6.07, 6.45) is 0. The number of para-hydroxylation sites is 1. The Morgan fingerprint density at radius 3 is 2.35 bits per heavy atom. The summed E-state index contributed by atoms with van der Waals surface area (Å²) in [5, 5.41) is 2.10. The number of aryl methyl sites for hydroxylation is 2. The number of thiocarbonyl (C=S) groups is 1. The molecule has 8 heteroatoms. The second-order valence-electron chi connectivity index (χ2n) is 5.45. The minimum absolute atomic E-state index is 0.152. The number of hydrazine groups is 1. The van der Waals surface area contributed by atoms with Gasteiger partial charge in [-0.3, -0.25) is 25.8 Å². The molecule has 26 heavy (non-hydrogen) atoms. The Bertz CT molecular complexity index is 822. The molecule has 0 bridgehead atoms. The van der Waals surface area contributed by atoms with Gasteiger partial charge in [0.25, 0.3) is 11.8 Å². The van der Waals surface area contributed by atoms with Gasteiger partial charge in [0, 0.05) is 0 Å². The maximum atomic E-state index is 13.5. The Hall–Kier alpha value is -3.00. The van der Waals surface area contributed by atoms with Crippen LogP contribution >= 0.6 is 12.2 Å². The summed E-state index contributed by atoms with van der Waals surface area (Å²) in [6, 6.07) is 11.1. The maximum absolute atomic E-state index is 13.5. The zero-order chi connectivity index (χ0) is 19.1. The summed E-state index contributed by atoms with van der Waals surface area (Å²) in [5.41, 5.74) is 6.34. The van der Waals surface area contributed by atoms with Crippen LogP contribution < -0.4 is 20.9 Å². The predicted octanol–water partition coefficient (Wildman–Crippen LogP) is 2.16. The van der Waals surface area contributed by atoms with E-state index in [1.54, 1.807) is 0 Å².